The molecular formula is C62H62BN3. The molecule has 7 aromatic carbocycles. The summed E-state index contributed by atoms with van der Waals surface area (Å²) in [4.78, 5) is 8.38. The molecule has 328 valence electrons. The standard InChI is InChI=1S/C62H62BN3/c1-39-21-25-45(26-22-39)64-53-27-23-40(2)33-50(53)63-51-35-43(41-17-11-10-12-18-41)34-49-57(51)66(61(8)31-16-15-30-59(49,61)6)55-38-46(37-54(64)56(55)63)65-52-28-24-44(58(3,4)5)36-48(52)60(7)32-29-42-19-13-14-20-47(42)62(60,65)9/h10-14,17-28,33-38H,15-16,29-32H2,1-9H3. The van der Waals surface area contributed by atoms with Crippen LogP contribution in [0, 0.1) is 13.8 Å². The van der Waals surface area contributed by atoms with Crippen LogP contribution in [0.3, 0.4) is 0 Å². The quantitative estimate of drug-likeness (QED) is 0.164. The SMILES string of the molecule is Cc1ccc(N2c3ccc(C)cc3B3c4cc(-c5ccccc5)cc5c4N(c4cc(N6c7ccc(C(C)(C)C)cc7C7(C)CCc8ccccc8C67C)cc2c43)C2(C)CCCCC52C)cc1. The van der Waals surface area contributed by atoms with Crippen LogP contribution in [0.5, 0.6) is 0 Å². The van der Waals surface area contributed by atoms with Gasteiger partial charge in [0.25, 0.3) is 6.71 Å². The largest absolute Gasteiger partial charge is 0.335 e. The van der Waals surface area contributed by atoms with Crippen molar-refractivity contribution in [2.75, 3.05) is 14.7 Å². The second-order valence-electron chi connectivity index (χ2n) is 22.9. The molecule has 13 rings (SSSR count). The van der Waals surface area contributed by atoms with Gasteiger partial charge in [0.2, 0.25) is 0 Å². The maximum atomic E-state index is 2.93. The van der Waals surface area contributed by atoms with Gasteiger partial charge in [-0.1, -0.05) is 156 Å². The van der Waals surface area contributed by atoms with Crippen LogP contribution in [0.4, 0.5) is 39.8 Å². The summed E-state index contributed by atoms with van der Waals surface area (Å²) in [5.41, 5.74) is 25.6. The monoisotopic (exact) mass is 860 g/mol. The summed E-state index contributed by atoms with van der Waals surface area (Å²) in [5, 5.41) is 0. The zero-order valence-corrected chi connectivity index (χ0v) is 40.4. The molecule has 0 saturated heterocycles. The van der Waals surface area contributed by atoms with Crippen LogP contribution in [0.15, 0.2) is 140 Å². The van der Waals surface area contributed by atoms with E-state index in [4.69, 9.17) is 0 Å². The van der Waals surface area contributed by atoms with E-state index in [2.05, 4.69) is 217 Å². The number of rotatable bonds is 3. The Hall–Kier alpha value is -6.00. The van der Waals surface area contributed by atoms with Crippen LogP contribution in [-0.2, 0) is 28.2 Å². The second-order valence-corrected chi connectivity index (χ2v) is 22.9. The van der Waals surface area contributed by atoms with Crippen LogP contribution in [0.1, 0.15) is 120 Å². The number of hydrogen-bond donors (Lipinski definition) is 0. The first-order valence-corrected chi connectivity index (χ1v) is 24.9. The molecule has 4 unspecified atom stereocenters. The zero-order chi connectivity index (χ0) is 45.3. The molecular weight excluding hydrogens is 798 g/mol. The minimum Gasteiger partial charge on any atom is -0.335 e. The summed E-state index contributed by atoms with van der Waals surface area (Å²) >= 11 is 0. The van der Waals surface area contributed by atoms with Crippen molar-refractivity contribution >= 4 is 62.9 Å². The summed E-state index contributed by atoms with van der Waals surface area (Å²) in [6.07, 6.45) is 7.02. The molecule has 0 amide bonds. The van der Waals surface area contributed by atoms with Gasteiger partial charge >= 0.3 is 0 Å². The Bertz CT molecular complexity index is 3200. The predicted octanol–water partition coefficient (Wildman–Crippen LogP) is 13.9. The summed E-state index contributed by atoms with van der Waals surface area (Å²) in [6, 6.07) is 55.2. The average Bonchev–Trinajstić information content (AvgIpc) is 3.66. The van der Waals surface area contributed by atoms with Crippen LogP contribution >= 0.6 is 0 Å². The highest BCUT2D eigenvalue weighted by molar-refractivity contribution is 7.00. The second kappa shape index (κ2) is 13.3. The molecule has 0 aromatic heterocycles. The van der Waals surface area contributed by atoms with E-state index >= 15 is 0 Å². The van der Waals surface area contributed by atoms with Gasteiger partial charge in [0, 0.05) is 50.6 Å². The molecule has 0 radical (unpaired) electrons. The van der Waals surface area contributed by atoms with Crippen molar-refractivity contribution in [2.45, 2.75) is 128 Å². The van der Waals surface area contributed by atoms with E-state index in [1.807, 2.05) is 0 Å². The van der Waals surface area contributed by atoms with Crippen molar-refractivity contribution in [3.8, 4) is 11.1 Å². The third-order valence-corrected chi connectivity index (χ3v) is 18.5. The topological polar surface area (TPSA) is 9.72 Å². The van der Waals surface area contributed by atoms with Crippen LogP contribution in [0.2, 0.25) is 0 Å². The Labute approximate surface area is 393 Å². The van der Waals surface area contributed by atoms with Gasteiger partial charge in [-0.3, -0.25) is 0 Å². The predicted molar refractivity (Wildman–Crippen MR) is 280 cm³/mol. The van der Waals surface area contributed by atoms with Gasteiger partial charge in [0.15, 0.2) is 0 Å². The van der Waals surface area contributed by atoms with E-state index in [-0.39, 0.29) is 34.0 Å². The van der Waals surface area contributed by atoms with Gasteiger partial charge in [-0.25, -0.2) is 0 Å². The molecule has 1 saturated carbocycles. The van der Waals surface area contributed by atoms with Crippen molar-refractivity contribution in [1.82, 2.24) is 0 Å². The Balaban J connectivity index is 1.17. The highest BCUT2D eigenvalue weighted by atomic mass is 15.3. The van der Waals surface area contributed by atoms with Gasteiger partial charge < -0.3 is 14.7 Å². The van der Waals surface area contributed by atoms with Crippen molar-refractivity contribution in [2.24, 2.45) is 0 Å². The molecule has 7 aromatic rings. The highest BCUT2D eigenvalue weighted by Gasteiger charge is 2.63. The molecule has 4 heterocycles. The summed E-state index contributed by atoms with van der Waals surface area (Å²) in [6.45, 7) is 22.1. The Kier molecular flexibility index (Phi) is 8.14. The number of aryl methyl sites for hydroxylation is 3. The van der Waals surface area contributed by atoms with Gasteiger partial charge in [-0.2, -0.15) is 0 Å². The molecule has 0 bridgehead atoms. The van der Waals surface area contributed by atoms with Gasteiger partial charge in [-0.15, -0.1) is 0 Å². The molecule has 4 atom stereocenters. The van der Waals surface area contributed by atoms with Gasteiger partial charge in [0.05, 0.1) is 11.1 Å². The summed E-state index contributed by atoms with van der Waals surface area (Å²) in [5.74, 6) is 0. The Morgan fingerprint density at radius 3 is 2.02 bits per heavy atom. The number of benzene rings is 7. The molecule has 3 nitrogen and oxygen atoms in total. The molecule has 1 fully saturated rings. The Morgan fingerprint density at radius 2 is 1.23 bits per heavy atom. The van der Waals surface area contributed by atoms with Crippen molar-refractivity contribution in [3.63, 3.8) is 0 Å². The van der Waals surface area contributed by atoms with Crippen molar-refractivity contribution in [1.29, 1.82) is 0 Å². The van der Waals surface area contributed by atoms with E-state index in [9.17, 15) is 0 Å². The maximum Gasteiger partial charge on any atom is 0.252 e. The lowest BCUT2D eigenvalue weighted by molar-refractivity contribution is 0.195. The molecule has 4 heteroatoms. The Morgan fingerprint density at radius 1 is 0.515 bits per heavy atom. The van der Waals surface area contributed by atoms with Crippen LogP contribution in [-0.4, -0.2) is 12.3 Å². The van der Waals surface area contributed by atoms with Crippen LogP contribution in [0.25, 0.3) is 11.1 Å². The summed E-state index contributed by atoms with van der Waals surface area (Å²) < 4.78 is 0. The lowest BCUT2D eigenvalue weighted by Crippen LogP contribution is -2.64. The maximum absolute atomic E-state index is 2.93. The summed E-state index contributed by atoms with van der Waals surface area (Å²) in [7, 11) is 0. The number of nitrogens with zero attached hydrogens (tertiary/aromatic N) is 3. The first-order valence-electron chi connectivity index (χ1n) is 24.9. The normalized spacial score (nSPS) is 25.1. The third kappa shape index (κ3) is 5.01. The molecule has 66 heavy (non-hydrogen) atoms. The number of hydrogen-bond acceptors (Lipinski definition) is 3. The van der Waals surface area contributed by atoms with Crippen molar-refractivity contribution in [3.05, 3.63) is 178 Å². The van der Waals surface area contributed by atoms with E-state index in [0.717, 1.165) is 19.3 Å². The van der Waals surface area contributed by atoms with Crippen LogP contribution < -0.4 is 31.1 Å². The fraction of sp³-hybridized carbons (Fsp3) is 0.323. The first-order chi connectivity index (χ1) is 31.7. The highest BCUT2D eigenvalue weighted by Crippen LogP contribution is 2.66. The molecule has 0 N–H and O–H groups in total. The van der Waals surface area contributed by atoms with E-state index in [1.165, 1.54) is 126 Å². The molecule has 4 aliphatic heterocycles. The lowest BCUT2D eigenvalue weighted by Gasteiger charge is -2.54. The fourth-order valence-electron chi connectivity index (χ4n) is 14.5. The number of anilines is 7. The third-order valence-electron chi connectivity index (χ3n) is 18.5. The minimum absolute atomic E-state index is 0.0287. The van der Waals surface area contributed by atoms with E-state index < -0.39 is 0 Å². The fourth-order valence-corrected chi connectivity index (χ4v) is 14.5. The minimum atomic E-state index is -0.337. The van der Waals surface area contributed by atoms with E-state index in [1.54, 1.807) is 0 Å². The molecule has 2 aliphatic carbocycles. The molecule has 6 aliphatic rings. The van der Waals surface area contributed by atoms with Crippen molar-refractivity contribution < 1.29 is 0 Å². The number of fused-ring (bicyclic) bond motifs is 12. The average molecular weight is 860 g/mol. The van der Waals surface area contributed by atoms with Gasteiger partial charge in [0.1, 0.15) is 0 Å². The van der Waals surface area contributed by atoms with Gasteiger partial charge in [-0.05, 0) is 157 Å². The van der Waals surface area contributed by atoms with E-state index in [0.29, 0.717) is 0 Å². The zero-order valence-electron chi connectivity index (χ0n) is 40.4. The molecule has 0 spiro atoms. The lowest BCUT2D eigenvalue weighted by atomic mass is 9.33. The first kappa shape index (κ1) is 40.3. The smallest absolute Gasteiger partial charge is 0.252 e.